The van der Waals surface area contributed by atoms with Crippen molar-refractivity contribution in [2.24, 2.45) is 0 Å². The van der Waals surface area contributed by atoms with Crippen molar-refractivity contribution >= 4 is 17.8 Å². The van der Waals surface area contributed by atoms with Crippen LogP contribution in [0.4, 0.5) is 36.7 Å². The molecule has 1 saturated heterocycles. The normalized spacial score (nSPS) is 16.3. The molecule has 44 heavy (non-hydrogen) atoms. The van der Waals surface area contributed by atoms with Crippen LogP contribution in [0.3, 0.4) is 0 Å². The molecule has 3 heterocycles. The standard InChI is InChI=1S/C29H26F7N5O3/c1-17(42)39-8-10-40(11-9-39)27-37-24(19-3-5-22(30)6-4-19)23-25(38-27)44-12-2-7-41(26(23)43)16-18-13-20(28(31,32)33)15-21(14-18)29(34,35)36/h3-6,13-15H,2,7-12,16H2,1H3. The van der Waals surface area contributed by atoms with Crippen LogP contribution in [-0.2, 0) is 23.7 Å². The van der Waals surface area contributed by atoms with Gasteiger partial charge in [0.1, 0.15) is 11.4 Å². The molecule has 1 aromatic heterocycles. The largest absolute Gasteiger partial charge is 0.477 e. The number of amides is 2. The highest BCUT2D eigenvalue weighted by atomic mass is 19.4. The zero-order valence-corrected chi connectivity index (χ0v) is 23.3. The summed E-state index contributed by atoms with van der Waals surface area (Å²) in [5.41, 5.74) is -3.15. The first kappa shape index (κ1) is 31.0. The van der Waals surface area contributed by atoms with Gasteiger partial charge in [0.05, 0.1) is 23.4 Å². The highest BCUT2D eigenvalue weighted by molar-refractivity contribution is 6.02. The monoisotopic (exact) mass is 625 g/mol. The first-order valence-corrected chi connectivity index (χ1v) is 13.6. The molecule has 2 amide bonds. The summed E-state index contributed by atoms with van der Waals surface area (Å²) in [6.07, 6.45) is -9.89. The van der Waals surface area contributed by atoms with E-state index in [1.165, 1.54) is 19.1 Å². The molecule has 1 fully saturated rings. The van der Waals surface area contributed by atoms with E-state index in [0.717, 1.165) is 17.0 Å². The van der Waals surface area contributed by atoms with Gasteiger partial charge in [0, 0.05) is 51.8 Å². The Balaban J connectivity index is 1.57. The van der Waals surface area contributed by atoms with Crippen LogP contribution in [0.15, 0.2) is 42.5 Å². The summed E-state index contributed by atoms with van der Waals surface area (Å²) in [5.74, 6) is -1.37. The number of carbonyl (C=O) groups is 2. The molecule has 0 unspecified atom stereocenters. The molecule has 0 spiro atoms. The Morgan fingerprint density at radius 1 is 0.886 bits per heavy atom. The van der Waals surface area contributed by atoms with Gasteiger partial charge in [-0.25, -0.2) is 9.37 Å². The highest BCUT2D eigenvalue weighted by Crippen LogP contribution is 2.38. The maximum Gasteiger partial charge on any atom is 0.416 e. The summed E-state index contributed by atoms with van der Waals surface area (Å²) in [7, 11) is 0. The van der Waals surface area contributed by atoms with E-state index < -0.39 is 41.7 Å². The molecule has 5 rings (SSSR count). The number of nitrogens with zero attached hydrogens (tertiary/aromatic N) is 5. The number of hydrogen-bond acceptors (Lipinski definition) is 6. The fourth-order valence-electron chi connectivity index (χ4n) is 5.07. The van der Waals surface area contributed by atoms with Crippen LogP contribution in [0.2, 0.25) is 0 Å². The van der Waals surface area contributed by atoms with Gasteiger partial charge in [0.25, 0.3) is 5.91 Å². The van der Waals surface area contributed by atoms with Gasteiger partial charge in [0.15, 0.2) is 0 Å². The molecule has 0 N–H and O–H groups in total. The lowest BCUT2D eigenvalue weighted by Crippen LogP contribution is -2.48. The van der Waals surface area contributed by atoms with Gasteiger partial charge < -0.3 is 19.4 Å². The second kappa shape index (κ2) is 11.9. The quantitative estimate of drug-likeness (QED) is 0.361. The average Bonchev–Trinajstić information content (AvgIpc) is 2.96. The third-order valence-corrected chi connectivity index (χ3v) is 7.32. The van der Waals surface area contributed by atoms with Crippen molar-refractivity contribution in [3.8, 4) is 17.1 Å². The molecule has 0 radical (unpaired) electrons. The zero-order valence-electron chi connectivity index (χ0n) is 23.3. The molecule has 234 valence electrons. The second-order valence-electron chi connectivity index (χ2n) is 10.4. The van der Waals surface area contributed by atoms with Crippen LogP contribution in [0.5, 0.6) is 5.88 Å². The van der Waals surface area contributed by atoms with Gasteiger partial charge in [-0.05, 0) is 54.4 Å². The zero-order chi connectivity index (χ0) is 31.8. The third kappa shape index (κ3) is 6.70. The number of benzene rings is 2. The lowest BCUT2D eigenvalue weighted by molar-refractivity contribution is -0.143. The molecule has 3 aromatic rings. The number of ether oxygens (including phenoxy) is 1. The molecular weight excluding hydrogens is 599 g/mol. The molecule has 2 aromatic carbocycles. The minimum atomic E-state index is -5.05. The Morgan fingerprint density at radius 2 is 1.50 bits per heavy atom. The lowest BCUT2D eigenvalue weighted by atomic mass is 10.0. The summed E-state index contributed by atoms with van der Waals surface area (Å²) in [6, 6.07) is 6.27. The Morgan fingerprint density at radius 3 is 2.07 bits per heavy atom. The summed E-state index contributed by atoms with van der Waals surface area (Å²) >= 11 is 0. The number of alkyl halides is 6. The molecule has 0 aliphatic carbocycles. The Labute approximate surface area is 247 Å². The van der Waals surface area contributed by atoms with Crippen molar-refractivity contribution in [2.45, 2.75) is 32.2 Å². The molecule has 0 bridgehead atoms. The van der Waals surface area contributed by atoms with Crippen LogP contribution in [-0.4, -0.2) is 70.9 Å². The number of hydrogen-bond donors (Lipinski definition) is 0. The summed E-state index contributed by atoms with van der Waals surface area (Å²) in [5, 5.41) is 0. The van der Waals surface area contributed by atoms with E-state index in [-0.39, 0.29) is 60.2 Å². The van der Waals surface area contributed by atoms with Gasteiger partial charge in [-0.15, -0.1) is 0 Å². The minimum absolute atomic E-state index is 0.0279. The molecule has 0 saturated carbocycles. The number of anilines is 1. The topological polar surface area (TPSA) is 78.9 Å². The van der Waals surface area contributed by atoms with Crippen LogP contribution in [0, 0.1) is 5.82 Å². The van der Waals surface area contributed by atoms with E-state index in [0.29, 0.717) is 43.9 Å². The molecule has 8 nitrogen and oxygen atoms in total. The van der Waals surface area contributed by atoms with Gasteiger partial charge in [0.2, 0.25) is 17.7 Å². The van der Waals surface area contributed by atoms with Gasteiger partial charge in [-0.3, -0.25) is 9.59 Å². The maximum absolute atomic E-state index is 14.0. The van der Waals surface area contributed by atoms with Crippen LogP contribution in [0.1, 0.15) is 40.4 Å². The second-order valence-corrected chi connectivity index (χ2v) is 10.4. The van der Waals surface area contributed by atoms with Crippen molar-refractivity contribution in [1.29, 1.82) is 0 Å². The van der Waals surface area contributed by atoms with Gasteiger partial charge in [-0.2, -0.15) is 31.3 Å². The number of aromatic nitrogens is 2. The van der Waals surface area contributed by atoms with Crippen molar-refractivity contribution in [3.63, 3.8) is 0 Å². The Hall–Kier alpha value is -4.43. The highest BCUT2D eigenvalue weighted by Gasteiger charge is 2.38. The van der Waals surface area contributed by atoms with E-state index in [9.17, 15) is 40.3 Å². The van der Waals surface area contributed by atoms with E-state index in [4.69, 9.17) is 4.74 Å². The fraction of sp³-hybridized carbons (Fsp3) is 0.379. The number of halogens is 7. The molecule has 2 aliphatic heterocycles. The van der Waals surface area contributed by atoms with Crippen molar-refractivity contribution in [1.82, 2.24) is 19.8 Å². The Kier molecular flexibility index (Phi) is 8.40. The van der Waals surface area contributed by atoms with Crippen molar-refractivity contribution in [3.05, 3.63) is 70.5 Å². The predicted molar refractivity (Wildman–Crippen MR) is 143 cm³/mol. The maximum atomic E-state index is 14.0. The lowest BCUT2D eigenvalue weighted by Gasteiger charge is -2.35. The predicted octanol–water partition coefficient (Wildman–Crippen LogP) is 5.41. The summed E-state index contributed by atoms with van der Waals surface area (Å²) in [4.78, 5) is 39.4. The first-order chi connectivity index (χ1) is 20.7. The van der Waals surface area contributed by atoms with E-state index in [2.05, 4.69) is 9.97 Å². The summed E-state index contributed by atoms with van der Waals surface area (Å²) < 4.78 is 101. The average molecular weight is 626 g/mol. The Bertz CT molecular complexity index is 1520. The summed E-state index contributed by atoms with van der Waals surface area (Å²) in [6.45, 7) is 2.41. The fourth-order valence-corrected chi connectivity index (χ4v) is 5.07. The van der Waals surface area contributed by atoms with Gasteiger partial charge in [-0.1, -0.05) is 0 Å². The van der Waals surface area contributed by atoms with E-state index >= 15 is 0 Å². The molecule has 2 aliphatic rings. The molecule has 0 atom stereocenters. The smallest absolute Gasteiger partial charge is 0.416 e. The SMILES string of the molecule is CC(=O)N1CCN(c2nc3c(c(-c4ccc(F)cc4)n2)C(=O)N(Cc2cc(C(F)(F)F)cc(C(F)(F)F)c2)CCCO3)CC1. The van der Waals surface area contributed by atoms with Crippen LogP contribution < -0.4 is 9.64 Å². The van der Waals surface area contributed by atoms with Crippen molar-refractivity contribution in [2.75, 3.05) is 44.2 Å². The number of carbonyl (C=O) groups excluding carboxylic acids is 2. The molecule has 15 heteroatoms. The van der Waals surface area contributed by atoms with E-state index in [1.54, 1.807) is 9.80 Å². The van der Waals surface area contributed by atoms with Crippen molar-refractivity contribution < 1.29 is 45.1 Å². The first-order valence-electron chi connectivity index (χ1n) is 13.6. The van der Waals surface area contributed by atoms with Crippen LogP contribution in [0.25, 0.3) is 11.3 Å². The third-order valence-electron chi connectivity index (χ3n) is 7.32. The van der Waals surface area contributed by atoms with E-state index in [1.807, 2.05) is 0 Å². The number of piperazine rings is 1. The molecular formula is C29H26F7N5O3. The van der Waals surface area contributed by atoms with Crippen LogP contribution >= 0.6 is 0 Å². The van der Waals surface area contributed by atoms with Gasteiger partial charge >= 0.3 is 12.4 Å². The number of fused-ring (bicyclic) bond motifs is 1. The number of rotatable bonds is 4. The minimum Gasteiger partial charge on any atom is -0.477 e.